The van der Waals surface area contributed by atoms with Crippen LogP contribution in [-0.2, 0) is 0 Å². The second-order valence-corrected chi connectivity index (χ2v) is 6.63. The van der Waals surface area contributed by atoms with Gasteiger partial charge in [-0.2, -0.15) is 0 Å². The first-order valence-electron chi connectivity index (χ1n) is 7.48. The Hall–Kier alpha value is -0.340. The Bertz CT molecular complexity index is 349. The number of piperidine rings is 3. The average molecular weight is 232 g/mol. The summed E-state index contributed by atoms with van der Waals surface area (Å²) in [7, 11) is 2.34. The van der Waals surface area contributed by atoms with Gasteiger partial charge in [0.2, 0.25) is 0 Å². The molecule has 2 heteroatoms. The molecule has 3 saturated heterocycles. The van der Waals surface area contributed by atoms with Crippen molar-refractivity contribution in [2.75, 3.05) is 26.7 Å². The number of likely N-dealkylation sites (N-methyl/N-ethyl adjacent to an activating group) is 1. The van der Waals surface area contributed by atoms with Crippen LogP contribution >= 0.6 is 0 Å². The summed E-state index contributed by atoms with van der Waals surface area (Å²) < 4.78 is 0. The van der Waals surface area contributed by atoms with E-state index in [0.29, 0.717) is 0 Å². The molecule has 0 N–H and O–H groups in total. The maximum absolute atomic E-state index is 2.82. The second kappa shape index (κ2) is 3.83. The lowest BCUT2D eigenvalue weighted by atomic mass is 9.68. The summed E-state index contributed by atoms with van der Waals surface area (Å²) in [6, 6.07) is 1.61. The zero-order chi connectivity index (χ0) is 11.4. The van der Waals surface area contributed by atoms with Crippen LogP contribution < -0.4 is 0 Å². The van der Waals surface area contributed by atoms with Crippen molar-refractivity contribution >= 4 is 0 Å². The van der Waals surface area contributed by atoms with Gasteiger partial charge in [0.15, 0.2) is 0 Å². The van der Waals surface area contributed by atoms with Crippen LogP contribution in [-0.4, -0.2) is 48.6 Å². The molecule has 5 atom stereocenters. The van der Waals surface area contributed by atoms with E-state index in [1.807, 2.05) is 0 Å². The molecule has 1 aliphatic carbocycles. The van der Waals surface area contributed by atoms with Crippen molar-refractivity contribution in [3.63, 3.8) is 0 Å². The number of nitrogens with zero attached hydrogens (tertiary/aromatic N) is 2. The molecule has 3 aliphatic heterocycles. The van der Waals surface area contributed by atoms with Crippen LogP contribution in [0.4, 0.5) is 0 Å². The van der Waals surface area contributed by atoms with Crippen molar-refractivity contribution in [3.05, 3.63) is 11.6 Å². The van der Waals surface area contributed by atoms with Gasteiger partial charge in [0.25, 0.3) is 0 Å². The highest BCUT2D eigenvalue weighted by Gasteiger charge is 2.46. The minimum absolute atomic E-state index is 0.763. The molecule has 5 unspecified atom stereocenters. The molecule has 0 aromatic carbocycles. The Balaban J connectivity index is 1.73. The van der Waals surface area contributed by atoms with E-state index in [4.69, 9.17) is 0 Å². The largest absolute Gasteiger partial charge is 0.298 e. The van der Waals surface area contributed by atoms with Crippen LogP contribution in [0.5, 0.6) is 0 Å². The summed E-state index contributed by atoms with van der Waals surface area (Å²) in [6.45, 7) is 4.06. The molecule has 2 nitrogen and oxygen atoms in total. The molecule has 3 fully saturated rings. The summed E-state index contributed by atoms with van der Waals surface area (Å²) in [6.07, 6.45) is 9.83. The van der Waals surface area contributed by atoms with Crippen LogP contribution in [0.3, 0.4) is 0 Å². The van der Waals surface area contributed by atoms with E-state index in [1.165, 1.54) is 51.7 Å². The smallest absolute Gasteiger partial charge is 0.0460 e. The van der Waals surface area contributed by atoms with Crippen molar-refractivity contribution in [3.8, 4) is 0 Å². The zero-order valence-electron chi connectivity index (χ0n) is 10.9. The van der Waals surface area contributed by atoms with E-state index in [2.05, 4.69) is 22.9 Å². The molecule has 0 aromatic heterocycles. The molecule has 0 saturated carbocycles. The Kier molecular flexibility index (Phi) is 2.38. The van der Waals surface area contributed by atoms with Gasteiger partial charge in [-0.15, -0.1) is 0 Å². The van der Waals surface area contributed by atoms with Crippen molar-refractivity contribution in [1.82, 2.24) is 9.80 Å². The zero-order valence-corrected chi connectivity index (χ0v) is 10.9. The van der Waals surface area contributed by atoms with Gasteiger partial charge in [0.05, 0.1) is 0 Å². The summed E-state index contributed by atoms with van der Waals surface area (Å²) >= 11 is 0. The summed E-state index contributed by atoms with van der Waals surface area (Å²) in [5.74, 6) is 1.91. The van der Waals surface area contributed by atoms with Crippen LogP contribution in [0, 0.1) is 11.8 Å². The van der Waals surface area contributed by atoms with Gasteiger partial charge in [0, 0.05) is 18.6 Å². The van der Waals surface area contributed by atoms with E-state index in [1.54, 1.807) is 5.57 Å². The highest BCUT2D eigenvalue weighted by Crippen LogP contribution is 2.44. The van der Waals surface area contributed by atoms with E-state index in [9.17, 15) is 0 Å². The number of hydrogen-bond acceptors (Lipinski definition) is 2. The topological polar surface area (TPSA) is 6.48 Å². The van der Waals surface area contributed by atoms with Gasteiger partial charge in [-0.25, -0.2) is 0 Å². The molecule has 94 valence electrons. The maximum Gasteiger partial charge on any atom is 0.0460 e. The SMILES string of the molecule is CN1CCCC2=CC3CC(C21)N1CCCC3C1. The van der Waals surface area contributed by atoms with Gasteiger partial charge >= 0.3 is 0 Å². The molecule has 4 rings (SSSR count). The van der Waals surface area contributed by atoms with Crippen molar-refractivity contribution in [2.45, 2.75) is 44.2 Å². The van der Waals surface area contributed by atoms with E-state index in [-0.39, 0.29) is 0 Å². The molecular weight excluding hydrogens is 208 g/mol. The third kappa shape index (κ3) is 1.53. The molecule has 0 aromatic rings. The van der Waals surface area contributed by atoms with Gasteiger partial charge < -0.3 is 0 Å². The summed E-state index contributed by atoms with van der Waals surface area (Å²) in [5, 5.41) is 0. The predicted molar refractivity (Wildman–Crippen MR) is 69.9 cm³/mol. The summed E-state index contributed by atoms with van der Waals surface area (Å²) in [5.41, 5.74) is 1.79. The Labute approximate surface area is 105 Å². The standard InChI is InChI=1S/C15H24N2/c1-16-6-2-4-11-8-13-9-14(15(11)16)17-7-3-5-12(13)10-17/h8,12-15H,2-7,9-10H2,1H3. The monoisotopic (exact) mass is 232 g/mol. The normalized spacial score (nSPS) is 49.5. The number of likely N-dealkylation sites (tertiary alicyclic amines) is 1. The van der Waals surface area contributed by atoms with Crippen LogP contribution in [0.1, 0.15) is 32.1 Å². The van der Waals surface area contributed by atoms with Gasteiger partial charge in [-0.1, -0.05) is 11.6 Å². The molecule has 17 heavy (non-hydrogen) atoms. The Morgan fingerprint density at radius 1 is 1.24 bits per heavy atom. The molecular formula is C15H24N2. The average Bonchev–Trinajstić information content (AvgIpc) is 2.37. The third-order valence-corrected chi connectivity index (χ3v) is 5.70. The second-order valence-electron chi connectivity index (χ2n) is 6.63. The highest BCUT2D eigenvalue weighted by atomic mass is 15.3. The first-order chi connectivity index (χ1) is 8.33. The fraction of sp³-hybridized carbons (Fsp3) is 0.867. The molecule has 3 heterocycles. The third-order valence-electron chi connectivity index (χ3n) is 5.70. The minimum Gasteiger partial charge on any atom is -0.298 e. The lowest BCUT2D eigenvalue weighted by molar-refractivity contribution is -0.00952. The predicted octanol–water partition coefficient (Wildman–Crippen LogP) is 2.12. The fourth-order valence-electron chi connectivity index (χ4n) is 4.94. The molecule has 0 radical (unpaired) electrons. The van der Waals surface area contributed by atoms with Crippen molar-refractivity contribution in [1.29, 1.82) is 0 Å². The van der Waals surface area contributed by atoms with Crippen LogP contribution in [0.2, 0.25) is 0 Å². The van der Waals surface area contributed by atoms with Crippen LogP contribution in [0.25, 0.3) is 0 Å². The maximum atomic E-state index is 2.82. The minimum atomic E-state index is 0.763. The van der Waals surface area contributed by atoms with Gasteiger partial charge in [0.1, 0.15) is 0 Å². The first kappa shape index (κ1) is 10.6. The van der Waals surface area contributed by atoms with E-state index >= 15 is 0 Å². The van der Waals surface area contributed by atoms with E-state index in [0.717, 1.165) is 23.9 Å². The van der Waals surface area contributed by atoms with Gasteiger partial charge in [-0.3, -0.25) is 9.80 Å². The molecule has 0 amide bonds. The van der Waals surface area contributed by atoms with Crippen LogP contribution in [0.15, 0.2) is 11.6 Å². The molecule has 0 spiro atoms. The number of hydrogen-bond donors (Lipinski definition) is 0. The quantitative estimate of drug-likeness (QED) is 0.590. The Morgan fingerprint density at radius 3 is 3.12 bits per heavy atom. The lowest BCUT2D eigenvalue weighted by Crippen LogP contribution is -2.61. The number of allylic oxidation sites excluding steroid dienone is 1. The summed E-state index contributed by atoms with van der Waals surface area (Å²) in [4.78, 5) is 5.45. The van der Waals surface area contributed by atoms with Crippen molar-refractivity contribution in [2.24, 2.45) is 11.8 Å². The Morgan fingerprint density at radius 2 is 2.18 bits per heavy atom. The number of rotatable bonds is 0. The molecule has 4 aliphatic rings. The van der Waals surface area contributed by atoms with E-state index < -0.39 is 0 Å². The number of fused-ring (bicyclic) bond motifs is 8. The first-order valence-corrected chi connectivity index (χ1v) is 7.48. The highest BCUT2D eigenvalue weighted by molar-refractivity contribution is 5.25. The molecule has 4 bridgehead atoms. The lowest BCUT2D eigenvalue weighted by Gasteiger charge is -2.55. The van der Waals surface area contributed by atoms with Gasteiger partial charge in [-0.05, 0) is 64.1 Å². The fourth-order valence-corrected chi connectivity index (χ4v) is 4.94. The van der Waals surface area contributed by atoms with Crippen molar-refractivity contribution < 1.29 is 0 Å².